The first-order valence-electron chi connectivity index (χ1n) is 6.20. The molecule has 98 valence electrons. The van der Waals surface area contributed by atoms with E-state index in [9.17, 15) is 4.39 Å². The Bertz CT molecular complexity index is 607. The molecule has 0 aromatic heterocycles. The van der Waals surface area contributed by atoms with Gasteiger partial charge in [0, 0.05) is 28.9 Å². The Labute approximate surface area is 120 Å². The van der Waals surface area contributed by atoms with Gasteiger partial charge >= 0.3 is 0 Å². The summed E-state index contributed by atoms with van der Waals surface area (Å²) in [6.45, 7) is 1.67. The number of rotatable bonds is 2. The minimum absolute atomic E-state index is 0.181. The van der Waals surface area contributed by atoms with E-state index in [-0.39, 0.29) is 5.82 Å². The van der Waals surface area contributed by atoms with Crippen molar-refractivity contribution in [2.24, 2.45) is 0 Å². The van der Waals surface area contributed by atoms with Crippen molar-refractivity contribution in [2.45, 2.75) is 13.0 Å². The maximum atomic E-state index is 13.3. The van der Waals surface area contributed by atoms with E-state index in [1.807, 2.05) is 24.3 Å². The molecule has 2 aromatic rings. The normalized spacial score (nSPS) is 13.7. The molecular formula is C15H14BrFN2. The summed E-state index contributed by atoms with van der Waals surface area (Å²) in [6, 6.07) is 10.9. The molecular weight excluding hydrogens is 307 g/mol. The molecule has 0 saturated heterocycles. The summed E-state index contributed by atoms with van der Waals surface area (Å²) in [5.41, 5.74) is 9.92. The highest BCUT2D eigenvalue weighted by Crippen LogP contribution is 2.30. The van der Waals surface area contributed by atoms with Crippen molar-refractivity contribution in [1.29, 1.82) is 0 Å². The second kappa shape index (κ2) is 4.85. The molecule has 0 unspecified atom stereocenters. The van der Waals surface area contributed by atoms with E-state index in [1.54, 1.807) is 6.07 Å². The predicted molar refractivity (Wildman–Crippen MR) is 79.7 cm³/mol. The van der Waals surface area contributed by atoms with Gasteiger partial charge in [-0.1, -0.05) is 22.0 Å². The standard InChI is InChI=1S/C15H14BrFN2/c16-12-5-10(6-14(18)7-12)9-19-4-3-11-1-2-13(17)8-15(11)19/h1-2,5-8H,3-4,9,18H2. The van der Waals surface area contributed by atoms with Crippen LogP contribution in [0.15, 0.2) is 40.9 Å². The molecule has 3 rings (SSSR count). The molecule has 0 atom stereocenters. The van der Waals surface area contributed by atoms with Crippen LogP contribution in [0.25, 0.3) is 0 Å². The van der Waals surface area contributed by atoms with Crippen molar-refractivity contribution in [2.75, 3.05) is 17.2 Å². The van der Waals surface area contributed by atoms with E-state index in [0.29, 0.717) is 0 Å². The Hall–Kier alpha value is -1.55. The van der Waals surface area contributed by atoms with Gasteiger partial charge in [0.25, 0.3) is 0 Å². The Morgan fingerprint density at radius 1 is 1.21 bits per heavy atom. The number of nitrogens with zero attached hydrogens (tertiary/aromatic N) is 1. The van der Waals surface area contributed by atoms with Gasteiger partial charge in [0.15, 0.2) is 0 Å². The van der Waals surface area contributed by atoms with Crippen molar-refractivity contribution >= 4 is 27.3 Å². The minimum Gasteiger partial charge on any atom is -0.399 e. The van der Waals surface area contributed by atoms with Crippen molar-refractivity contribution in [3.05, 3.63) is 57.8 Å². The van der Waals surface area contributed by atoms with Crippen molar-refractivity contribution in [3.8, 4) is 0 Å². The summed E-state index contributed by atoms with van der Waals surface area (Å²) in [5.74, 6) is -0.181. The predicted octanol–water partition coefficient (Wildman–Crippen LogP) is 3.73. The quantitative estimate of drug-likeness (QED) is 0.854. The van der Waals surface area contributed by atoms with Crippen LogP contribution >= 0.6 is 15.9 Å². The first kappa shape index (κ1) is 12.5. The number of benzene rings is 2. The van der Waals surface area contributed by atoms with Crippen LogP contribution in [0.5, 0.6) is 0 Å². The highest BCUT2D eigenvalue weighted by molar-refractivity contribution is 9.10. The Morgan fingerprint density at radius 3 is 2.84 bits per heavy atom. The number of hydrogen-bond donors (Lipinski definition) is 1. The number of fused-ring (bicyclic) bond motifs is 1. The summed E-state index contributed by atoms with van der Waals surface area (Å²) >= 11 is 3.45. The van der Waals surface area contributed by atoms with Crippen LogP contribution in [0, 0.1) is 5.82 Å². The topological polar surface area (TPSA) is 29.3 Å². The fraction of sp³-hybridized carbons (Fsp3) is 0.200. The van der Waals surface area contributed by atoms with E-state index in [4.69, 9.17) is 5.73 Å². The SMILES string of the molecule is Nc1cc(Br)cc(CN2CCc3ccc(F)cc32)c1. The Balaban J connectivity index is 1.88. The third kappa shape index (κ3) is 2.59. The summed E-state index contributed by atoms with van der Waals surface area (Å²) in [6.07, 6.45) is 0.971. The number of nitrogens with two attached hydrogens (primary N) is 1. The van der Waals surface area contributed by atoms with Gasteiger partial charge in [-0.15, -0.1) is 0 Å². The van der Waals surface area contributed by atoms with Crippen LogP contribution in [0.3, 0.4) is 0 Å². The molecule has 0 amide bonds. The maximum Gasteiger partial charge on any atom is 0.125 e. The molecule has 0 spiro atoms. The Kier molecular flexibility index (Phi) is 3.19. The molecule has 1 heterocycles. The molecule has 19 heavy (non-hydrogen) atoms. The monoisotopic (exact) mass is 320 g/mol. The van der Waals surface area contributed by atoms with Crippen molar-refractivity contribution in [1.82, 2.24) is 0 Å². The second-order valence-electron chi connectivity index (χ2n) is 4.84. The lowest BCUT2D eigenvalue weighted by Gasteiger charge is -2.20. The van der Waals surface area contributed by atoms with E-state index in [0.717, 1.165) is 40.9 Å². The third-order valence-corrected chi connectivity index (χ3v) is 3.85. The number of halogens is 2. The highest BCUT2D eigenvalue weighted by Gasteiger charge is 2.19. The molecule has 0 radical (unpaired) electrons. The minimum atomic E-state index is -0.181. The molecule has 2 N–H and O–H groups in total. The number of hydrogen-bond acceptors (Lipinski definition) is 2. The van der Waals surface area contributed by atoms with E-state index < -0.39 is 0 Å². The number of nitrogen functional groups attached to an aromatic ring is 1. The molecule has 0 bridgehead atoms. The van der Waals surface area contributed by atoms with Gasteiger partial charge in [-0.3, -0.25) is 0 Å². The zero-order valence-electron chi connectivity index (χ0n) is 10.4. The van der Waals surface area contributed by atoms with Crippen LogP contribution in [-0.2, 0) is 13.0 Å². The summed E-state index contributed by atoms with van der Waals surface area (Å²) in [5, 5.41) is 0. The van der Waals surface area contributed by atoms with Gasteiger partial charge in [0.05, 0.1) is 0 Å². The summed E-state index contributed by atoms with van der Waals surface area (Å²) in [4.78, 5) is 2.19. The molecule has 2 aromatic carbocycles. The molecule has 0 fully saturated rings. The lowest BCUT2D eigenvalue weighted by Crippen LogP contribution is -2.19. The summed E-state index contributed by atoms with van der Waals surface area (Å²) < 4.78 is 14.3. The van der Waals surface area contributed by atoms with Gasteiger partial charge < -0.3 is 10.6 Å². The van der Waals surface area contributed by atoms with Crippen LogP contribution in [-0.4, -0.2) is 6.54 Å². The fourth-order valence-corrected chi connectivity index (χ4v) is 3.13. The molecule has 0 aliphatic carbocycles. The average Bonchev–Trinajstić information content (AvgIpc) is 2.70. The lowest BCUT2D eigenvalue weighted by atomic mass is 10.1. The molecule has 0 saturated carbocycles. The molecule has 2 nitrogen and oxygen atoms in total. The fourth-order valence-electron chi connectivity index (χ4n) is 2.57. The van der Waals surface area contributed by atoms with Gasteiger partial charge in [-0.2, -0.15) is 0 Å². The lowest BCUT2D eigenvalue weighted by molar-refractivity contribution is 0.627. The van der Waals surface area contributed by atoms with Gasteiger partial charge in [0.2, 0.25) is 0 Å². The molecule has 1 aliphatic rings. The highest BCUT2D eigenvalue weighted by atomic mass is 79.9. The van der Waals surface area contributed by atoms with E-state index in [2.05, 4.69) is 20.8 Å². The zero-order chi connectivity index (χ0) is 13.4. The first-order valence-corrected chi connectivity index (χ1v) is 6.99. The zero-order valence-corrected chi connectivity index (χ0v) is 12.0. The van der Waals surface area contributed by atoms with Gasteiger partial charge in [-0.05, 0) is 47.9 Å². The van der Waals surface area contributed by atoms with Crippen molar-refractivity contribution < 1.29 is 4.39 Å². The largest absolute Gasteiger partial charge is 0.399 e. The molecule has 4 heteroatoms. The van der Waals surface area contributed by atoms with Gasteiger partial charge in [-0.25, -0.2) is 4.39 Å². The van der Waals surface area contributed by atoms with Crippen LogP contribution in [0.4, 0.5) is 15.8 Å². The molecule has 1 aliphatic heterocycles. The average molecular weight is 321 g/mol. The first-order chi connectivity index (χ1) is 9.11. The van der Waals surface area contributed by atoms with Crippen LogP contribution in [0.1, 0.15) is 11.1 Å². The smallest absolute Gasteiger partial charge is 0.125 e. The van der Waals surface area contributed by atoms with E-state index in [1.165, 1.54) is 11.6 Å². The number of anilines is 2. The second-order valence-corrected chi connectivity index (χ2v) is 5.75. The van der Waals surface area contributed by atoms with Crippen LogP contribution < -0.4 is 10.6 Å². The van der Waals surface area contributed by atoms with Gasteiger partial charge in [0.1, 0.15) is 5.82 Å². The van der Waals surface area contributed by atoms with Crippen molar-refractivity contribution in [3.63, 3.8) is 0 Å². The summed E-state index contributed by atoms with van der Waals surface area (Å²) in [7, 11) is 0. The Morgan fingerprint density at radius 2 is 2.05 bits per heavy atom. The maximum absolute atomic E-state index is 13.3. The third-order valence-electron chi connectivity index (χ3n) is 3.39. The van der Waals surface area contributed by atoms with E-state index >= 15 is 0 Å². The van der Waals surface area contributed by atoms with Crippen LogP contribution in [0.2, 0.25) is 0 Å².